The zero-order valence-electron chi connectivity index (χ0n) is 22.2. The Bertz CT molecular complexity index is 928. The highest BCUT2D eigenvalue weighted by Gasteiger charge is 2.31. The summed E-state index contributed by atoms with van der Waals surface area (Å²) in [4.78, 5) is 62.0. The van der Waals surface area contributed by atoms with Crippen LogP contribution in [0.2, 0.25) is 0 Å². The molecule has 12 heteroatoms. The average molecular weight is 535 g/mol. The van der Waals surface area contributed by atoms with Gasteiger partial charge in [0.15, 0.2) is 0 Å². The number of primary amides is 1. The summed E-state index contributed by atoms with van der Waals surface area (Å²) >= 11 is 0. The molecule has 0 saturated heterocycles. The molecule has 4 amide bonds. The van der Waals surface area contributed by atoms with Crippen molar-refractivity contribution in [3.63, 3.8) is 0 Å². The van der Waals surface area contributed by atoms with Crippen LogP contribution in [-0.2, 0) is 30.4 Å². The number of carbonyl (C=O) groups excluding carboxylic acids is 4. The lowest BCUT2D eigenvalue weighted by Gasteiger charge is -2.26. The second-order valence-electron chi connectivity index (χ2n) is 9.41. The number of unbranched alkanes of at least 4 members (excludes halogenated alkanes) is 1. The summed E-state index contributed by atoms with van der Waals surface area (Å²) in [6, 6.07) is 4.55. The fraction of sp³-hybridized carbons (Fsp3) is 0.577. The van der Waals surface area contributed by atoms with Crippen LogP contribution in [0.5, 0.6) is 0 Å². The summed E-state index contributed by atoms with van der Waals surface area (Å²) in [5.74, 6) is -3.97. The molecule has 1 rings (SSSR count). The lowest BCUT2D eigenvalue weighted by atomic mass is 9.98. The van der Waals surface area contributed by atoms with Crippen LogP contribution in [0.25, 0.3) is 0 Å². The third-order valence-electron chi connectivity index (χ3n) is 6.35. The van der Waals surface area contributed by atoms with Crippen molar-refractivity contribution in [3.05, 3.63) is 35.9 Å². The molecule has 212 valence electrons. The Kier molecular flexibility index (Phi) is 14.6. The molecule has 38 heavy (non-hydrogen) atoms. The zero-order chi connectivity index (χ0) is 28.7. The molecule has 10 N–H and O–H groups in total. The van der Waals surface area contributed by atoms with Gasteiger partial charge in [-0.1, -0.05) is 50.6 Å². The highest BCUT2D eigenvalue weighted by molar-refractivity contribution is 5.94. The molecular weight excluding hydrogens is 492 g/mol. The molecule has 0 radical (unpaired) electrons. The predicted octanol–water partition coefficient (Wildman–Crippen LogP) is -0.464. The molecule has 0 heterocycles. The molecule has 0 aliphatic heterocycles. The highest BCUT2D eigenvalue weighted by Crippen LogP contribution is 2.10. The molecule has 1 aromatic rings. The Morgan fingerprint density at radius 1 is 0.868 bits per heavy atom. The van der Waals surface area contributed by atoms with E-state index in [9.17, 15) is 29.1 Å². The molecule has 0 aliphatic carbocycles. The van der Waals surface area contributed by atoms with Crippen LogP contribution >= 0.6 is 0 Å². The lowest BCUT2D eigenvalue weighted by Crippen LogP contribution is -2.58. The van der Waals surface area contributed by atoms with Crippen molar-refractivity contribution in [1.29, 1.82) is 0 Å². The Hall–Kier alpha value is -3.51. The van der Waals surface area contributed by atoms with Gasteiger partial charge in [-0.05, 0) is 43.7 Å². The summed E-state index contributed by atoms with van der Waals surface area (Å²) in [7, 11) is 0. The van der Waals surface area contributed by atoms with E-state index in [0.717, 1.165) is 5.56 Å². The number of carboxylic acid groups (broad SMARTS) is 1. The molecule has 0 fully saturated rings. The molecule has 0 bridgehead atoms. The number of nitrogens with two attached hydrogens (primary N) is 3. The normalized spacial score (nSPS) is 14.8. The van der Waals surface area contributed by atoms with E-state index in [4.69, 9.17) is 17.2 Å². The third-order valence-corrected chi connectivity index (χ3v) is 6.35. The maximum Gasteiger partial charge on any atom is 0.326 e. The smallest absolute Gasteiger partial charge is 0.326 e. The Balaban J connectivity index is 3.13. The van der Waals surface area contributed by atoms with Gasteiger partial charge in [-0.2, -0.15) is 0 Å². The van der Waals surface area contributed by atoms with E-state index in [-0.39, 0.29) is 31.6 Å². The fourth-order valence-electron chi connectivity index (χ4n) is 3.69. The second kappa shape index (κ2) is 17.1. The van der Waals surface area contributed by atoms with Crippen LogP contribution in [0.4, 0.5) is 0 Å². The molecular formula is C26H42N6O6. The first-order valence-electron chi connectivity index (χ1n) is 12.9. The summed E-state index contributed by atoms with van der Waals surface area (Å²) in [5.41, 5.74) is 17.5. The van der Waals surface area contributed by atoms with Crippen molar-refractivity contribution in [3.8, 4) is 0 Å². The lowest BCUT2D eigenvalue weighted by molar-refractivity contribution is -0.142. The number of benzene rings is 1. The number of aliphatic carboxylic acids is 1. The summed E-state index contributed by atoms with van der Waals surface area (Å²) in [5, 5.41) is 17.2. The first kappa shape index (κ1) is 32.5. The Morgan fingerprint density at radius 3 is 2.00 bits per heavy atom. The van der Waals surface area contributed by atoms with E-state index in [1.54, 1.807) is 30.3 Å². The SMILES string of the molecule is CCC(C)C(N)C(=O)NC(CCCCN)C(=O)NC(Cc1ccccc1)C(=O)NC(CCC(N)=O)C(=O)O. The molecule has 1 aromatic carbocycles. The van der Waals surface area contributed by atoms with Crippen LogP contribution in [0.15, 0.2) is 30.3 Å². The van der Waals surface area contributed by atoms with E-state index in [0.29, 0.717) is 25.8 Å². The molecule has 12 nitrogen and oxygen atoms in total. The highest BCUT2D eigenvalue weighted by atomic mass is 16.4. The van der Waals surface area contributed by atoms with Gasteiger partial charge < -0.3 is 38.3 Å². The number of carbonyl (C=O) groups is 5. The van der Waals surface area contributed by atoms with Crippen molar-refractivity contribution in [2.45, 2.75) is 83.0 Å². The van der Waals surface area contributed by atoms with Crippen LogP contribution < -0.4 is 33.2 Å². The van der Waals surface area contributed by atoms with Crippen molar-refractivity contribution in [2.75, 3.05) is 6.54 Å². The van der Waals surface area contributed by atoms with Gasteiger partial charge in [-0.15, -0.1) is 0 Å². The van der Waals surface area contributed by atoms with Crippen molar-refractivity contribution in [2.24, 2.45) is 23.1 Å². The summed E-state index contributed by atoms with van der Waals surface area (Å²) in [6.45, 7) is 4.16. The predicted molar refractivity (Wildman–Crippen MR) is 142 cm³/mol. The van der Waals surface area contributed by atoms with E-state index in [1.165, 1.54) is 0 Å². The minimum absolute atomic E-state index is 0.0659. The number of hydrogen-bond acceptors (Lipinski definition) is 7. The van der Waals surface area contributed by atoms with Gasteiger partial charge >= 0.3 is 5.97 Å². The largest absolute Gasteiger partial charge is 0.480 e. The number of amides is 4. The van der Waals surface area contributed by atoms with Gasteiger partial charge in [-0.25, -0.2) is 4.79 Å². The molecule has 5 unspecified atom stereocenters. The zero-order valence-corrected chi connectivity index (χ0v) is 22.2. The van der Waals surface area contributed by atoms with Gasteiger partial charge in [-0.3, -0.25) is 19.2 Å². The number of rotatable bonds is 18. The second-order valence-corrected chi connectivity index (χ2v) is 9.41. The molecule has 0 saturated carbocycles. The van der Waals surface area contributed by atoms with Gasteiger partial charge in [0, 0.05) is 12.8 Å². The topological polar surface area (TPSA) is 220 Å². The van der Waals surface area contributed by atoms with Crippen molar-refractivity contribution >= 4 is 29.6 Å². The van der Waals surface area contributed by atoms with E-state index >= 15 is 0 Å². The average Bonchev–Trinajstić information content (AvgIpc) is 2.89. The molecule has 0 aliphatic rings. The minimum Gasteiger partial charge on any atom is -0.480 e. The molecule has 5 atom stereocenters. The van der Waals surface area contributed by atoms with Crippen LogP contribution in [0.1, 0.15) is 57.9 Å². The summed E-state index contributed by atoms with van der Waals surface area (Å²) in [6.07, 6.45) is 1.77. The maximum absolute atomic E-state index is 13.3. The number of carboxylic acids is 1. The van der Waals surface area contributed by atoms with Gasteiger partial charge in [0.05, 0.1) is 6.04 Å². The van der Waals surface area contributed by atoms with Crippen molar-refractivity contribution in [1.82, 2.24) is 16.0 Å². The minimum atomic E-state index is -1.38. The van der Waals surface area contributed by atoms with Gasteiger partial charge in [0.2, 0.25) is 23.6 Å². The summed E-state index contributed by atoms with van der Waals surface area (Å²) < 4.78 is 0. The van der Waals surface area contributed by atoms with Gasteiger partial charge in [0.1, 0.15) is 18.1 Å². The standard InChI is InChI=1S/C26H42N6O6/c1-3-16(2)22(29)25(36)30-18(11-7-8-14-27)23(34)32-20(15-17-9-5-4-6-10-17)24(35)31-19(26(37)38)12-13-21(28)33/h4-6,9-10,16,18-20,22H,3,7-8,11-15,27,29H2,1-2H3,(H2,28,33)(H,30,36)(H,31,35)(H,32,34)(H,37,38). The van der Waals surface area contributed by atoms with E-state index in [2.05, 4.69) is 16.0 Å². The Morgan fingerprint density at radius 2 is 1.45 bits per heavy atom. The first-order chi connectivity index (χ1) is 18.0. The maximum atomic E-state index is 13.3. The van der Waals surface area contributed by atoms with Crippen LogP contribution in [0.3, 0.4) is 0 Å². The molecule has 0 aromatic heterocycles. The third kappa shape index (κ3) is 11.7. The fourth-order valence-corrected chi connectivity index (χ4v) is 3.69. The van der Waals surface area contributed by atoms with Gasteiger partial charge in [0.25, 0.3) is 0 Å². The number of hydrogen-bond donors (Lipinski definition) is 7. The van der Waals surface area contributed by atoms with E-state index < -0.39 is 53.8 Å². The Labute approximate surface area is 223 Å². The van der Waals surface area contributed by atoms with Crippen LogP contribution in [0, 0.1) is 5.92 Å². The molecule has 0 spiro atoms. The van der Waals surface area contributed by atoms with Crippen molar-refractivity contribution < 1.29 is 29.1 Å². The quantitative estimate of drug-likeness (QED) is 0.122. The van der Waals surface area contributed by atoms with Crippen LogP contribution in [-0.4, -0.2) is 65.4 Å². The van der Waals surface area contributed by atoms with E-state index in [1.807, 2.05) is 13.8 Å². The first-order valence-corrected chi connectivity index (χ1v) is 12.9. The monoisotopic (exact) mass is 534 g/mol. The number of nitrogens with one attached hydrogen (secondary N) is 3.